The maximum atomic E-state index is 6.01. The highest BCUT2D eigenvalue weighted by Crippen LogP contribution is 2.34. The Balaban J connectivity index is 2.00. The second-order valence-corrected chi connectivity index (χ2v) is 5.36. The number of hydrogen-bond donors (Lipinski definition) is 1. The standard InChI is InChI=1S/C14H20ClN/c1-10-12(6-7-14(10)16-2)8-11-4-3-5-13(15)9-11/h3-5,9-10,12,14,16H,6-8H2,1-2H3. The Morgan fingerprint density at radius 1 is 1.38 bits per heavy atom. The van der Waals surface area contributed by atoms with E-state index in [1.807, 2.05) is 12.1 Å². The van der Waals surface area contributed by atoms with Crippen molar-refractivity contribution in [1.29, 1.82) is 0 Å². The summed E-state index contributed by atoms with van der Waals surface area (Å²) >= 11 is 6.01. The minimum Gasteiger partial charge on any atom is -0.317 e. The Kier molecular flexibility index (Phi) is 3.88. The molecule has 1 fully saturated rings. The fraction of sp³-hybridized carbons (Fsp3) is 0.571. The molecule has 0 bridgehead atoms. The van der Waals surface area contributed by atoms with Crippen LogP contribution in [0, 0.1) is 11.8 Å². The third kappa shape index (κ3) is 2.58. The molecule has 0 heterocycles. The summed E-state index contributed by atoms with van der Waals surface area (Å²) in [6.45, 7) is 2.36. The number of nitrogens with one attached hydrogen (secondary N) is 1. The van der Waals surface area contributed by atoms with Crippen molar-refractivity contribution in [2.75, 3.05) is 7.05 Å². The van der Waals surface area contributed by atoms with Gasteiger partial charge in [-0.05, 0) is 55.8 Å². The summed E-state index contributed by atoms with van der Waals surface area (Å²) in [6.07, 6.45) is 3.81. The molecule has 1 aromatic carbocycles. The second-order valence-electron chi connectivity index (χ2n) is 4.93. The van der Waals surface area contributed by atoms with Gasteiger partial charge in [-0.25, -0.2) is 0 Å². The normalized spacial score (nSPS) is 29.6. The van der Waals surface area contributed by atoms with Crippen LogP contribution in [0.15, 0.2) is 24.3 Å². The van der Waals surface area contributed by atoms with Gasteiger partial charge in [0.2, 0.25) is 0 Å². The van der Waals surface area contributed by atoms with Crippen molar-refractivity contribution in [3.8, 4) is 0 Å². The van der Waals surface area contributed by atoms with E-state index in [0.29, 0.717) is 6.04 Å². The predicted octanol–water partition coefficient (Wildman–Crippen LogP) is 3.52. The molecule has 0 radical (unpaired) electrons. The van der Waals surface area contributed by atoms with Gasteiger partial charge in [0.05, 0.1) is 0 Å². The molecule has 1 nitrogen and oxygen atoms in total. The molecule has 0 aromatic heterocycles. The predicted molar refractivity (Wildman–Crippen MR) is 69.9 cm³/mol. The molecule has 88 valence electrons. The van der Waals surface area contributed by atoms with Gasteiger partial charge in [-0.3, -0.25) is 0 Å². The van der Waals surface area contributed by atoms with E-state index in [1.54, 1.807) is 0 Å². The lowest BCUT2D eigenvalue weighted by Crippen LogP contribution is -2.29. The first-order chi connectivity index (χ1) is 7.70. The summed E-state index contributed by atoms with van der Waals surface area (Å²) in [5.74, 6) is 1.57. The lowest BCUT2D eigenvalue weighted by molar-refractivity contribution is 0.364. The van der Waals surface area contributed by atoms with Gasteiger partial charge < -0.3 is 5.32 Å². The van der Waals surface area contributed by atoms with Crippen LogP contribution in [0.5, 0.6) is 0 Å². The van der Waals surface area contributed by atoms with Crippen LogP contribution in [0.1, 0.15) is 25.3 Å². The zero-order valence-electron chi connectivity index (χ0n) is 10.0. The maximum absolute atomic E-state index is 6.01. The first-order valence-electron chi connectivity index (χ1n) is 6.12. The first kappa shape index (κ1) is 11.9. The summed E-state index contributed by atoms with van der Waals surface area (Å²) in [4.78, 5) is 0. The van der Waals surface area contributed by atoms with Crippen LogP contribution in [0.25, 0.3) is 0 Å². The van der Waals surface area contributed by atoms with Crippen LogP contribution in [0.3, 0.4) is 0 Å². The molecule has 1 aliphatic carbocycles. The van der Waals surface area contributed by atoms with Crippen LogP contribution >= 0.6 is 11.6 Å². The molecular formula is C14H20ClN. The summed E-state index contributed by atoms with van der Waals surface area (Å²) in [6, 6.07) is 8.97. The third-order valence-corrected chi connectivity index (χ3v) is 4.22. The molecule has 2 heteroatoms. The maximum Gasteiger partial charge on any atom is 0.0408 e. The van der Waals surface area contributed by atoms with Crippen LogP contribution < -0.4 is 5.32 Å². The van der Waals surface area contributed by atoms with Crippen molar-refractivity contribution in [2.45, 2.75) is 32.2 Å². The van der Waals surface area contributed by atoms with E-state index in [2.05, 4.69) is 31.4 Å². The summed E-state index contributed by atoms with van der Waals surface area (Å²) < 4.78 is 0. The first-order valence-corrected chi connectivity index (χ1v) is 6.50. The van der Waals surface area contributed by atoms with Gasteiger partial charge in [-0.15, -0.1) is 0 Å². The van der Waals surface area contributed by atoms with Crippen molar-refractivity contribution >= 4 is 11.6 Å². The Hall–Kier alpha value is -0.530. The van der Waals surface area contributed by atoms with E-state index in [9.17, 15) is 0 Å². The molecule has 2 rings (SSSR count). The molecule has 1 N–H and O–H groups in total. The summed E-state index contributed by atoms with van der Waals surface area (Å²) in [7, 11) is 2.07. The van der Waals surface area contributed by atoms with Crippen LogP contribution in [0.2, 0.25) is 5.02 Å². The molecule has 0 amide bonds. The third-order valence-electron chi connectivity index (χ3n) is 3.98. The van der Waals surface area contributed by atoms with Crippen LogP contribution in [0.4, 0.5) is 0 Å². The Morgan fingerprint density at radius 2 is 2.19 bits per heavy atom. The van der Waals surface area contributed by atoms with E-state index in [0.717, 1.165) is 16.9 Å². The van der Waals surface area contributed by atoms with Gasteiger partial charge in [-0.1, -0.05) is 30.7 Å². The Labute approximate surface area is 103 Å². The fourth-order valence-electron chi connectivity index (χ4n) is 2.91. The van der Waals surface area contributed by atoms with Gasteiger partial charge >= 0.3 is 0 Å². The van der Waals surface area contributed by atoms with E-state index in [4.69, 9.17) is 11.6 Å². The summed E-state index contributed by atoms with van der Waals surface area (Å²) in [5.41, 5.74) is 1.38. The number of rotatable bonds is 3. The molecular weight excluding hydrogens is 218 g/mol. The van der Waals surface area contributed by atoms with Crippen molar-refractivity contribution < 1.29 is 0 Å². The lowest BCUT2D eigenvalue weighted by atomic mass is 9.90. The van der Waals surface area contributed by atoms with E-state index < -0.39 is 0 Å². The van der Waals surface area contributed by atoms with Crippen LogP contribution in [-0.4, -0.2) is 13.1 Å². The molecule has 16 heavy (non-hydrogen) atoms. The fourth-order valence-corrected chi connectivity index (χ4v) is 3.12. The molecule has 1 saturated carbocycles. The molecule has 0 spiro atoms. The topological polar surface area (TPSA) is 12.0 Å². The smallest absolute Gasteiger partial charge is 0.0408 e. The van der Waals surface area contributed by atoms with Crippen LogP contribution in [-0.2, 0) is 6.42 Å². The van der Waals surface area contributed by atoms with Gasteiger partial charge in [-0.2, -0.15) is 0 Å². The van der Waals surface area contributed by atoms with Gasteiger partial charge in [0, 0.05) is 11.1 Å². The van der Waals surface area contributed by atoms with Crippen molar-refractivity contribution in [3.05, 3.63) is 34.9 Å². The molecule has 1 aromatic rings. The highest BCUT2D eigenvalue weighted by Gasteiger charge is 2.31. The second kappa shape index (κ2) is 5.20. The lowest BCUT2D eigenvalue weighted by Gasteiger charge is -2.20. The summed E-state index contributed by atoms with van der Waals surface area (Å²) in [5, 5.41) is 4.27. The number of hydrogen-bond acceptors (Lipinski definition) is 1. The number of halogens is 1. The largest absolute Gasteiger partial charge is 0.317 e. The average Bonchev–Trinajstić information content (AvgIpc) is 2.60. The monoisotopic (exact) mass is 237 g/mol. The molecule has 0 saturated heterocycles. The van der Waals surface area contributed by atoms with Gasteiger partial charge in [0.1, 0.15) is 0 Å². The molecule has 3 unspecified atom stereocenters. The van der Waals surface area contributed by atoms with E-state index in [1.165, 1.54) is 24.8 Å². The molecule has 0 aliphatic heterocycles. The zero-order valence-corrected chi connectivity index (χ0v) is 10.8. The van der Waals surface area contributed by atoms with Gasteiger partial charge in [0.25, 0.3) is 0 Å². The zero-order chi connectivity index (χ0) is 11.5. The minimum atomic E-state index is 0.698. The van der Waals surface area contributed by atoms with Gasteiger partial charge in [0.15, 0.2) is 0 Å². The highest BCUT2D eigenvalue weighted by atomic mass is 35.5. The SMILES string of the molecule is CNC1CCC(Cc2cccc(Cl)c2)C1C. The van der Waals surface area contributed by atoms with Crippen molar-refractivity contribution in [1.82, 2.24) is 5.32 Å². The van der Waals surface area contributed by atoms with E-state index >= 15 is 0 Å². The number of benzene rings is 1. The Morgan fingerprint density at radius 3 is 2.81 bits per heavy atom. The molecule has 3 atom stereocenters. The Bertz CT molecular complexity index is 350. The van der Waals surface area contributed by atoms with Crippen molar-refractivity contribution in [2.24, 2.45) is 11.8 Å². The average molecular weight is 238 g/mol. The van der Waals surface area contributed by atoms with Crippen molar-refractivity contribution in [3.63, 3.8) is 0 Å². The highest BCUT2D eigenvalue weighted by molar-refractivity contribution is 6.30. The quantitative estimate of drug-likeness (QED) is 0.848. The molecule has 1 aliphatic rings. The minimum absolute atomic E-state index is 0.698. The van der Waals surface area contributed by atoms with E-state index in [-0.39, 0.29) is 0 Å².